The van der Waals surface area contributed by atoms with Crippen molar-refractivity contribution in [2.75, 3.05) is 12.4 Å². The molecule has 3 aromatic rings. The molecule has 2 N–H and O–H groups in total. The first kappa shape index (κ1) is 10.9. The first-order chi connectivity index (χ1) is 8.79. The summed E-state index contributed by atoms with van der Waals surface area (Å²) in [6.07, 6.45) is 0. The van der Waals surface area contributed by atoms with Crippen molar-refractivity contribution in [2.24, 2.45) is 0 Å². The minimum absolute atomic E-state index is 0.262. The van der Waals surface area contributed by atoms with Gasteiger partial charge in [0.05, 0.1) is 4.70 Å². The van der Waals surface area contributed by atoms with E-state index in [1.807, 2.05) is 30.3 Å². The zero-order valence-corrected chi connectivity index (χ0v) is 10.4. The van der Waals surface area contributed by atoms with Gasteiger partial charge in [-0.15, -0.1) is 0 Å². The van der Waals surface area contributed by atoms with Crippen LogP contribution in [0, 0.1) is 0 Å². The van der Waals surface area contributed by atoms with Crippen LogP contribution < -0.4 is 10.9 Å². The number of rotatable bonds is 2. The third-order valence-electron chi connectivity index (χ3n) is 2.59. The monoisotopic (exact) mass is 258 g/mol. The Morgan fingerprint density at radius 1 is 1.28 bits per heavy atom. The zero-order chi connectivity index (χ0) is 12.5. The minimum Gasteiger partial charge on any atom is -0.365 e. The first-order valence-electron chi connectivity index (χ1n) is 5.42. The number of anilines is 1. The molecule has 5 nitrogen and oxygen atoms in total. The highest BCUT2D eigenvalue weighted by Crippen LogP contribution is 2.30. The van der Waals surface area contributed by atoms with Crippen LogP contribution in [0.15, 0.2) is 35.1 Å². The molecule has 2 aromatic heterocycles. The molecule has 1 aromatic carbocycles. The van der Waals surface area contributed by atoms with Crippen LogP contribution in [-0.2, 0) is 0 Å². The van der Waals surface area contributed by atoms with Crippen molar-refractivity contribution in [2.45, 2.75) is 0 Å². The molecule has 0 saturated heterocycles. The van der Waals surface area contributed by atoms with Crippen LogP contribution in [0.25, 0.3) is 21.5 Å². The van der Waals surface area contributed by atoms with Crippen molar-refractivity contribution in [3.05, 3.63) is 40.7 Å². The summed E-state index contributed by atoms with van der Waals surface area (Å²) in [4.78, 5) is 15.9. The molecule has 0 amide bonds. The number of benzene rings is 1. The molecular weight excluding hydrogens is 248 g/mol. The van der Waals surface area contributed by atoms with Crippen LogP contribution in [0.4, 0.5) is 5.13 Å². The summed E-state index contributed by atoms with van der Waals surface area (Å²) in [5, 5.41) is 10.3. The van der Waals surface area contributed by atoms with Crippen molar-refractivity contribution in [3.8, 4) is 11.3 Å². The van der Waals surface area contributed by atoms with E-state index < -0.39 is 0 Å². The molecule has 0 saturated carbocycles. The van der Waals surface area contributed by atoms with E-state index in [-0.39, 0.29) is 5.56 Å². The smallest absolute Gasteiger partial charge is 0.291 e. The number of aromatic nitrogens is 3. The van der Waals surface area contributed by atoms with Crippen LogP contribution in [0.3, 0.4) is 0 Å². The maximum Gasteiger partial charge on any atom is 0.291 e. The molecule has 0 aliphatic carbocycles. The van der Waals surface area contributed by atoms with Gasteiger partial charge >= 0.3 is 0 Å². The molecule has 0 unspecified atom stereocenters. The van der Waals surface area contributed by atoms with E-state index in [0.717, 1.165) is 16.0 Å². The van der Waals surface area contributed by atoms with E-state index in [2.05, 4.69) is 20.5 Å². The van der Waals surface area contributed by atoms with E-state index in [0.29, 0.717) is 10.6 Å². The lowest BCUT2D eigenvalue weighted by molar-refractivity contribution is 1.01. The number of thiazole rings is 1. The van der Waals surface area contributed by atoms with Gasteiger partial charge in [0.1, 0.15) is 5.69 Å². The summed E-state index contributed by atoms with van der Waals surface area (Å²) in [6, 6.07) is 9.73. The molecule has 3 rings (SSSR count). The molecule has 90 valence electrons. The summed E-state index contributed by atoms with van der Waals surface area (Å²) in [6.45, 7) is 0. The first-order valence-corrected chi connectivity index (χ1v) is 6.23. The number of fused-ring (bicyclic) bond motifs is 1. The second-order valence-corrected chi connectivity index (χ2v) is 4.71. The van der Waals surface area contributed by atoms with Gasteiger partial charge in [-0.1, -0.05) is 41.7 Å². The Balaban J connectivity index is 2.34. The van der Waals surface area contributed by atoms with Gasteiger partial charge in [-0.05, 0) is 0 Å². The fourth-order valence-electron chi connectivity index (χ4n) is 1.74. The maximum absolute atomic E-state index is 11.7. The van der Waals surface area contributed by atoms with Gasteiger partial charge in [0, 0.05) is 12.6 Å². The Bertz CT molecular complexity index is 748. The van der Waals surface area contributed by atoms with Crippen molar-refractivity contribution in [1.29, 1.82) is 0 Å². The lowest BCUT2D eigenvalue weighted by Gasteiger charge is -1.99. The van der Waals surface area contributed by atoms with E-state index in [9.17, 15) is 4.79 Å². The summed E-state index contributed by atoms with van der Waals surface area (Å²) in [5.41, 5.74) is 1.88. The molecule has 0 atom stereocenters. The molecule has 18 heavy (non-hydrogen) atoms. The Labute approximate surface area is 107 Å². The van der Waals surface area contributed by atoms with Crippen LogP contribution in [0.5, 0.6) is 0 Å². The van der Waals surface area contributed by atoms with Gasteiger partial charge in [0.15, 0.2) is 10.6 Å². The highest BCUT2D eigenvalue weighted by atomic mass is 32.1. The molecule has 0 aliphatic rings. The minimum atomic E-state index is -0.262. The maximum atomic E-state index is 11.7. The molecule has 0 fully saturated rings. The van der Waals surface area contributed by atoms with Crippen LogP contribution in [0.1, 0.15) is 0 Å². The van der Waals surface area contributed by atoms with Gasteiger partial charge in [-0.25, -0.2) is 10.1 Å². The Hall–Kier alpha value is -2.21. The predicted octanol–water partition coefficient (Wildman–Crippen LogP) is 2.09. The molecular formula is C12H10N4OS. The second kappa shape index (κ2) is 4.23. The predicted molar refractivity (Wildman–Crippen MR) is 73.0 cm³/mol. The number of aromatic amines is 1. The lowest BCUT2D eigenvalue weighted by atomic mass is 10.1. The SMILES string of the molecule is CNc1nc2c(=O)[nH]nc(-c3ccccc3)c2s1. The van der Waals surface area contributed by atoms with Crippen molar-refractivity contribution in [3.63, 3.8) is 0 Å². The Morgan fingerprint density at radius 3 is 2.78 bits per heavy atom. The number of nitrogens with one attached hydrogen (secondary N) is 2. The van der Waals surface area contributed by atoms with E-state index in [1.54, 1.807) is 7.05 Å². The summed E-state index contributed by atoms with van der Waals surface area (Å²) in [7, 11) is 1.78. The standard InChI is InChI=1S/C12H10N4OS/c1-13-12-14-9-10(18-12)8(15-16-11(9)17)7-5-3-2-4-6-7/h2-6H,1H3,(H,13,14)(H,16,17). The highest BCUT2D eigenvalue weighted by molar-refractivity contribution is 7.22. The Morgan fingerprint density at radius 2 is 2.06 bits per heavy atom. The van der Waals surface area contributed by atoms with Gasteiger partial charge in [-0.2, -0.15) is 5.10 Å². The normalized spacial score (nSPS) is 10.7. The topological polar surface area (TPSA) is 70.7 Å². The summed E-state index contributed by atoms with van der Waals surface area (Å²) < 4.78 is 0.800. The second-order valence-electron chi connectivity index (χ2n) is 3.71. The molecule has 0 aliphatic heterocycles. The van der Waals surface area contributed by atoms with Crippen LogP contribution in [-0.4, -0.2) is 22.2 Å². The lowest BCUT2D eigenvalue weighted by Crippen LogP contribution is -2.09. The molecule has 0 bridgehead atoms. The Kier molecular flexibility index (Phi) is 2.56. The molecule has 2 heterocycles. The fourth-order valence-corrected chi connectivity index (χ4v) is 2.67. The third-order valence-corrected chi connectivity index (χ3v) is 3.67. The third kappa shape index (κ3) is 1.67. The molecule has 0 radical (unpaired) electrons. The zero-order valence-electron chi connectivity index (χ0n) is 9.60. The van der Waals surface area contributed by atoms with Gasteiger partial charge in [-0.3, -0.25) is 4.79 Å². The van der Waals surface area contributed by atoms with E-state index in [1.165, 1.54) is 11.3 Å². The van der Waals surface area contributed by atoms with Gasteiger partial charge in [0.25, 0.3) is 5.56 Å². The number of hydrogen-bond acceptors (Lipinski definition) is 5. The molecule has 0 spiro atoms. The fraction of sp³-hybridized carbons (Fsp3) is 0.0833. The molecule has 6 heteroatoms. The van der Waals surface area contributed by atoms with Crippen molar-refractivity contribution >= 4 is 26.7 Å². The average Bonchev–Trinajstić information content (AvgIpc) is 2.85. The number of H-pyrrole nitrogens is 1. The van der Waals surface area contributed by atoms with E-state index in [4.69, 9.17) is 0 Å². The number of hydrogen-bond donors (Lipinski definition) is 2. The van der Waals surface area contributed by atoms with Gasteiger partial charge < -0.3 is 5.32 Å². The van der Waals surface area contributed by atoms with Crippen LogP contribution in [0.2, 0.25) is 0 Å². The van der Waals surface area contributed by atoms with Crippen molar-refractivity contribution < 1.29 is 0 Å². The quantitative estimate of drug-likeness (QED) is 0.738. The largest absolute Gasteiger partial charge is 0.365 e. The van der Waals surface area contributed by atoms with E-state index >= 15 is 0 Å². The summed E-state index contributed by atoms with van der Waals surface area (Å²) in [5.74, 6) is 0. The average molecular weight is 258 g/mol. The summed E-state index contributed by atoms with van der Waals surface area (Å²) >= 11 is 1.43. The number of nitrogens with zero attached hydrogens (tertiary/aromatic N) is 2. The van der Waals surface area contributed by atoms with Crippen LogP contribution >= 0.6 is 11.3 Å². The van der Waals surface area contributed by atoms with Crippen molar-refractivity contribution in [1.82, 2.24) is 15.2 Å². The van der Waals surface area contributed by atoms with Gasteiger partial charge in [0.2, 0.25) is 0 Å². The highest BCUT2D eigenvalue weighted by Gasteiger charge is 2.13.